The van der Waals surface area contributed by atoms with Gasteiger partial charge in [-0.25, -0.2) is 0 Å². The van der Waals surface area contributed by atoms with Crippen molar-refractivity contribution in [3.8, 4) is 16.9 Å². The third-order valence-corrected chi connectivity index (χ3v) is 5.95. The van der Waals surface area contributed by atoms with Crippen LogP contribution in [0.2, 0.25) is 0 Å². The van der Waals surface area contributed by atoms with Gasteiger partial charge in [-0.05, 0) is 78.5 Å². The Kier molecular flexibility index (Phi) is 6.88. The van der Waals surface area contributed by atoms with Gasteiger partial charge in [-0.3, -0.25) is 14.5 Å². The monoisotopic (exact) mass is 448 g/mol. The van der Waals surface area contributed by atoms with Crippen LogP contribution in [0.25, 0.3) is 11.1 Å². The molecule has 0 aliphatic carbocycles. The van der Waals surface area contributed by atoms with Crippen LogP contribution in [0, 0.1) is 0 Å². The van der Waals surface area contributed by atoms with Crippen molar-refractivity contribution in [1.82, 2.24) is 4.90 Å². The molecule has 0 bridgehead atoms. The molecule has 1 amide bonds. The van der Waals surface area contributed by atoms with Crippen LogP contribution in [0.5, 0.6) is 5.75 Å². The quantitative estimate of drug-likeness (QED) is 0.476. The molecule has 3 aromatic rings. The molecule has 1 saturated heterocycles. The SMILES string of the molecule is O=C(Nc1cc(-c2ccccc2)ccc1C(=O)Cl)c1cc(CN2CCCCC2)ccc1O. The van der Waals surface area contributed by atoms with Gasteiger partial charge in [0.15, 0.2) is 0 Å². The number of phenolic OH excluding ortho intramolecular Hbond substituents is 1. The molecule has 5 nitrogen and oxygen atoms in total. The molecular weight excluding hydrogens is 424 g/mol. The lowest BCUT2D eigenvalue weighted by Crippen LogP contribution is -2.29. The third kappa shape index (κ3) is 5.18. The highest BCUT2D eigenvalue weighted by Crippen LogP contribution is 2.28. The zero-order valence-electron chi connectivity index (χ0n) is 17.7. The number of nitrogens with one attached hydrogen (secondary N) is 1. The molecule has 0 unspecified atom stereocenters. The molecule has 1 aliphatic heterocycles. The highest BCUT2D eigenvalue weighted by Gasteiger charge is 2.18. The van der Waals surface area contributed by atoms with Crippen LogP contribution in [-0.4, -0.2) is 34.2 Å². The molecular formula is C26H25ClN2O3. The van der Waals surface area contributed by atoms with Crippen molar-refractivity contribution in [3.63, 3.8) is 0 Å². The Labute approximate surface area is 192 Å². The van der Waals surface area contributed by atoms with Gasteiger partial charge in [0.25, 0.3) is 11.1 Å². The largest absolute Gasteiger partial charge is 0.507 e. The van der Waals surface area contributed by atoms with Gasteiger partial charge >= 0.3 is 0 Å². The van der Waals surface area contributed by atoms with E-state index in [1.54, 1.807) is 30.3 Å². The fourth-order valence-electron chi connectivity index (χ4n) is 4.06. The van der Waals surface area contributed by atoms with Crippen LogP contribution in [0.4, 0.5) is 5.69 Å². The molecule has 4 rings (SSSR count). The number of nitrogens with zero attached hydrogens (tertiary/aromatic N) is 1. The first kappa shape index (κ1) is 22.1. The minimum atomic E-state index is -0.664. The molecule has 0 spiro atoms. The number of aromatic hydroxyl groups is 1. The zero-order chi connectivity index (χ0) is 22.5. The van der Waals surface area contributed by atoms with E-state index in [2.05, 4.69) is 10.2 Å². The van der Waals surface area contributed by atoms with E-state index in [4.69, 9.17) is 11.6 Å². The van der Waals surface area contributed by atoms with Crippen LogP contribution in [-0.2, 0) is 6.54 Å². The molecule has 1 aliphatic rings. The Bertz CT molecular complexity index is 1130. The minimum Gasteiger partial charge on any atom is -0.507 e. The number of hydrogen-bond acceptors (Lipinski definition) is 4. The lowest BCUT2D eigenvalue weighted by Gasteiger charge is -2.26. The smallest absolute Gasteiger partial charge is 0.259 e. The summed E-state index contributed by atoms with van der Waals surface area (Å²) in [5.41, 5.74) is 3.41. The Morgan fingerprint density at radius 1 is 0.875 bits per heavy atom. The van der Waals surface area contributed by atoms with Gasteiger partial charge in [0.2, 0.25) is 0 Å². The summed E-state index contributed by atoms with van der Waals surface area (Å²) in [6, 6.07) is 19.8. The lowest BCUT2D eigenvalue weighted by atomic mass is 10.0. The second kappa shape index (κ2) is 9.98. The van der Waals surface area contributed by atoms with Gasteiger partial charge in [-0.15, -0.1) is 0 Å². The lowest BCUT2D eigenvalue weighted by molar-refractivity contribution is 0.102. The second-order valence-electron chi connectivity index (χ2n) is 8.04. The van der Waals surface area contributed by atoms with Crippen LogP contribution in [0.3, 0.4) is 0 Å². The van der Waals surface area contributed by atoms with Gasteiger partial charge < -0.3 is 10.4 Å². The summed E-state index contributed by atoms with van der Waals surface area (Å²) in [5, 5.41) is 12.4. The Balaban J connectivity index is 1.60. The number of carbonyl (C=O) groups is 2. The summed E-state index contributed by atoms with van der Waals surface area (Å²) in [6.45, 7) is 2.81. The molecule has 0 atom stereocenters. The normalized spacial score (nSPS) is 14.2. The average Bonchev–Trinajstić information content (AvgIpc) is 2.81. The average molecular weight is 449 g/mol. The molecule has 32 heavy (non-hydrogen) atoms. The maximum absolute atomic E-state index is 13.1. The topological polar surface area (TPSA) is 69.6 Å². The number of piperidine rings is 1. The van der Waals surface area contributed by atoms with Crippen molar-refractivity contribution in [2.24, 2.45) is 0 Å². The number of carbonyl (C=O) groups excluding carboxylic acids is 2. The first-order chi connectivity index (χ1) is 15.5. The molecule has 164 valence electrons. The highest BCUT2D eigenvalue weighted by atomic mass is 35.5. The molecule has 6 heteroatoms. The maximum Gasteiger partial charge on any atom is 0.259 e. The van der Waals surface area contributed by atoms with Gasteiger partial charge in [-0.2, -0.15) is 0 Å². The van der Waals surface area contributed by atoms with Crippen LogP contribution >= 0.6 is 11.6 Å². The first-order valence-electron chi connectivity index (χ1n) is 10.8. The van der Waals surface area contributed by atoms with Crippen LogP contribution in [0.1, 0.15) is 45.5 Å². The van der Waals surface area contributed by atoms with Gasteiger partial charge in [-0.1, -0.05) is 48.9 Å². The molecule has 2 N–H and O–H groups in total. The number of benzene rings is 3. The number of phenols is 1. The van der Waals surface area contributed by atoms with E-state index >= 15 is 0 Å². The van der Waals surface area contributed by atoms with E-state index in [0.29, 0.717) is 5.69 Å². The summed E-state index contributed by atoms with van der Waals surface area (Å²) >= 11 is 5.76. The second-order valence-corrected chi connectivity index (χ2v) is 8.39. The molecule has 0 radical (unpaired) electrons. The molecule has 1 fully saturated rings. The molecule has 3 aromatic carbocycles. The van der Waals surface area contributed by atoms with E-state index in [9.17, 15) is 14.7 Å². The summed E-state index contributed by atoms with van der Waals surface area (Å²) in [6.07, 6.45) is 3.61. The highest BCUT2D eigenvalue weighted by molar-refractivity contribution is 6.68. The van der Waals surface area contributed by atoms with Gasteiger partial charge in [0, 0.05) is 6.54 Å². The predicted molar refractivity (Wildman–Crippen MR) is 127 cm³/mol. The van der Waals surface area contributed by atoms with Crippen molar-refractivity contribution in [3.05, 3.63) is 83.4 Å². The zero-order valence-corrected chi connectivity index (χ0v) is 18.4. The number of anilines is 1. The fourth-order valence-corrected chi connectivity index (χ4v) is 4.22. The first-order valence-corrected chi connectivity index (χ1v) is 11.1. The van der Waals surface area contributed by atoms with Crippen molar-refractivity contribution in [2.45, 2.75) is 25.8 Å². The van der Waals surface area contributed by atoms with Gasteiger partial charge in [0.1, 0.15) is 5.75 Å². The number of rotatable bonds is 6. The molecule has 0 saturated carbocycles. The Morgan fingerprint density at radius 3 is 2.34 bits per heavy atom. The Hall–Kier alpha value is -3.15. The standard InChI is InChI=1S/C26H25ClN2O3/c27-25(31)21-11-10-20(19-7-3-1-4-8-19)16-23(21)28-26(32)22-15-18(9-12-24(22)30)17-29-13-5-2-6-14-29/h1,3-4,7-12,15-16,30H,2,5-6,13-14,17H2,(H,28,32). The minimum absolute atomic E-state index is 0.108. The van der Waals surface area contributed by atoms with Crippen LogP contribution in [0.15, 0.2) is 66.7 Å². The summed E-state index contributed by atoms with van der Waals surface area (Å²) in [4.78, 5) is 27.3. The predicted octanol–water partition coefficient (Wildman–Crippen LogP) is 5.68. The maximum atomic E-state index is 13.1. The Morgan fingerprint density at radius 2 is 1.62 bits per heavy atom. The summed E-state index contributed by atoms with van der Waals surface area (Å²) < 4.78 is 0. The number of hydrogen-bond donors (Lipinski definition) is 2. The molecule has 0 aromatic heterocycles. The van der Waals surface area contributed by atoms with Crippen molar-refractivity contribution >= 4 is 28.4 Å². The summed E-state index contributed by atoms with van der Waals surface area (Å²) in [5.74, 6) is -0.602. The van der Waals surface area contributed by atoms with Crippen molar-refractivity contribution in [2.75, 3.05) is 18.4 Å². The van der Waals surface area contributed by atoms with E-state index in [0.717, 1.165) is 36.3 Å². The van der Waals surface area contributed by atoms with Crippen LogP contribution < -0.4 is 5.32 Å². The van der Waals surface area contributed by atoms with Gasteiger partial charge in [0.05, 0.1) is 16.8 Å². The fraction of sp³-hybridized carbons (Fsp3) is 0.231. The number of amides is 1. The number of likely N-dealkylation sites (tertiary alicyclic amines) is 1. The summed E-state index contributed by atoms with van der Waals surface area (Å²) in [7, 11) is 0. The van der Waals surface area contributed by atoms with Crippen molar-refractivity contribution < 1.29 is 14.7 Å². The number of halogens is 1. The van der Waals surface area contributed by atoms with E-state index < -0.39 is 11.1 Å². The van der Waals surface area contributed by atoms with Crippen molar-refractivity contribution in [1.29, 1.82) is 0 Å². The third-order valence-electron chi connectivity index (χ3n) is 5.75. The van der Waals surface area contributed by atoms with E-state index in [1.807, 2.05) is 36.4 Å². The van der Waals surface area contributed by atoms with E-state index in [1.165, 1.54) is 19.3 Å². The molecule has 1 heterocycles. The van der Waals surface area contributed by atoms with E-state index in [-0.39, 0.29) is 16.9 Å².